The fourth-order valence-electron chi connectivity index (χ4n) is 10.2. The van der Waals surface area contributed by atoms with E-state index in [4.69, 9.17) is 4.99 Å². The second kappa shape index (κ2) is 14.7. The third-order valence-electron chi connectivity index (χ3n) is 13.0. The Kier molecular flexibility index (Phi) is 8.55. The zero-order chi connectivity index (χ0) is 41.0. The largest absolute Gasteiger partial charge is 0.310 e. The molecule has 0 aromatic heterocycles. The predicted molar refractivity (Wildman–Crippen MR) is 255 cm³/mol. The summed E-state index contributed by atoms with van der Waals surface area (Å²) < 4.78 is 0. The molecule has 0 fully saturated rings. The van der Waals surface area contributed by atoms with Crippen molar-refractivity contribution >= 4 is 28.6 Å². The van der Waals surface area contributed by atoms with Crippen molar-refractivity contribution in [2.45, 2.75) is 11.5 Å². The molecule has 3 nitrogen and oxygen atoms in total. The number of benzene rings is 9. The van der Waals surface area contributed by atoms with Crippen LogP contribution in [0, 0.1) is 0 Å². The van der Waals surface area contributed by atoms with Crippen molar-refractivity contribution in [3.05, 3.63) is 276 Å². The van der Waals surface area contributed by atoms with Crippen molar-refractivity contribution in [1.29, 1.82) is 0 Å². The topological polar surface area (TPSA) is 32.2 Å². The number of fused-ring (bicyclic) bond motifs is 9. The molecule has 9 aromatic rings. The molecule has 12 rings (SSSR count). The average molecular weight is 793 g/mol. The fourth-order valence-corrected chi connectivity index (χ4v) is 10.2. The van der Waals surface area contributed by atoms with E-state index in [-0.39, 0.29) is 6.04 Å². The Morgan fingerprint density at radius 3 is 1.63 bits per heavy atom. The standard InChI is InChI=1S/C59H41N3/c1-4-17-40(18-5-1)41-31-33-43(34-32-41)58-60-54(42-19-6-2-7-20-42)39-55(61-58)46-22-16-21-44(37-46)45-35-36-51-49(38-45)48-25-10-11-26-50(48)59(51)52-27-12-14-29-56(52)62(47-23-8-3-9-24-47)57-30-15-13-28-53(57)59/h1-39,54H,(H,60,61)/p+1. The number of nitrogens with zero attached hydrogens (tertiary/aromatic N) is 2. The predicted octanol–water partition coefficient (Wildman–Crippen LogP) is 13.3. The van der Waals surface area contributed by atoms with Crippen LogP contribution in [-0.4, -0.2) is 5.84 Å². The number of rotatable bonds is 6. The molecular formula is C59H42N3+. The highest BCUT2D eigenvalue weighted by Crippen LogP contribution is 2.63. The first-order valence-corrected chi connectivity index (χ1v) is 21.5. The summed E-state index contributed by atoms with van der Waals surface area (Å²) in [6.45, 7) is 0. The quantitative estimate of drug-likeness (QED) is 0.179. The highest BCUT2D eigenvalue weighted by atomic mass is 15.2. The molecule has 0 saturated carbocycles. The summed E-state index contributed by atoms with van der Waals surface area (Å²) in [6.07, 6.45) is 2.32. The summed E-state index contributed by atoms with van der Waals surface area (Å²) in [4.78, 5) is 7.80. The Morgan fingerprint density at radius 1 is 0.387 bits per heavy atom. The molecule has 62 heavy (non-hydrogen) atoms. The summed E-state index contributed by atoms with van der Waals surface area (Å²) >= 11 is 0. The molecule has 9 aromatic carbocycles. The average Bonchev–Trinajstić information content (AvgIpc) is 3.65. The minimum absolute atomic E-state index is 0.0860. The Bertz CT molecular complexity index is 3160. The van der Waals surface area contributed by atoms with Crippen molar-refractivity contribution in [2.75, 3.05) is 4.90 Å². The van der Waals surface area contributed by atoms with Gasteiger partial charge in [-0.1, -0.05) is 182 Å². The van der Waals surface area contributed by atoms with Gasteiger partial charge in [0.25, 0.3) is 0 Å². The van der Waals surface area contributed by atoms with E-state index in [1.807, 2.05) is 0 Å². The number of amidine groups is 1. The number of hydrogen-bond donors (Lipinski definition) is 1. The molecule has 292 valence electrons. The van der Waals surface area contributed by atoms with Crippen LogP contribution in [0.4, 0.5) is 17.1 Å². The number of para-hydroxylation sites is 3. The lowest BCUT2D eigenvalue weighted by molar-refractivity contribution is -0.575. The molecule has 1 atom stereocenters. The molecule has 0 bridgehead atoms. The summed E-state index contributed by atoms with van der Waals surface area (Å²) in [5.41, 5.74) is 20.1. The van der Waals surface area contributed by atoms with Crippen LogP contribution in [0.15, 0.2) is 242 Å². The third-order valence-corrected chi connectivity index (χ3v) is 13.0. The zero-order valence-corrected chi connectivity index (χ0v) is 34.1. The van der Waals surface area contributed by atoms with E-state index in [2.05, 4.69) is 247 Å². The van der Waals surface area contributed by atoms with Gasteiger partial charge in [-0.05, 0) is 104 Å². The van der Waals surface area contributed by atoms with Crippen LogP contribution >= 0.6 is 0 Å². The van der Waals surface area contributed by atoms with Gasteiger partial charge >= 0.3 is 0 Å². The van der Waals surface area contributed by atoms with Gasteiger partial charge in [0.15, 0.2) is 0 Å². The third kappa shape index (κ3) is 5.74. The maximum absolute atomic E-state index is 5.37. The summed E-state index contributed by atoms with van der Waals surface area (Å²) in [6, 6.07) is 84.1. The van der Waals surface area contributed by atoms with Crippen LogP contribution in [-0.2, 0) is 5.41 Å². The lowest BCUT2D eigenvalue weighted by Crippen LogP contribution is -2.89. The van der Waals surface area contributed by atoms with Gasteiger partial charge in [0, 0.05) is 22.9 Å². The van der Waals surface area contributed by atoms with Crippen molar-refractivity contribution in [2.24, 2.45) is 4.99 Å². The molecule has 2 heterocycles. The van der Waals surface area contributed by atoms with Gasteiger partial charge < -0.3 is 4.90 Å². The van der Waals surface area contributed by atoms with Crippen LogP contribution in [0.25, 0.3) is 39.1 Å². The first-order chi connectivity index (χ1) is 30.7. The molecule has 0 radical (unpaired) electrons. The minimum Gasteiger partial charge on any atom is -0.310 e. The maximum atomic E-state index is 5.37. The maximum Gasteiger partial charge on any atom is 0.232 e. The van der Waals surface area contributed by atoms with Gasteiger partial charge in [-0.3, -0.25) is 5.32 Å². The van der Waals surface area contributed by atoms with Crippen LogP contribution in [0.5, 0.6) is 0 Å². The summed E-state index contributed by atoms with van der Waals surface area (Å²) in [5, 5.41) is 2.30. The van der Waals surface area contributed by atoms with Gasteiger partial charge in [-0.2, -0.15) is 4.99 Å². The number of anilines is 3. The number of aliphatic imine (C=N–C) groups is 1. The SMILES string of the molecule is C1=C(c2cccc(-c3ccc4c(c3)-c3ccccc3C43c4ccccc4N(c4ccccc4)c4ccccc43)c2)N=C(c2ccc(-c3ccccc3)cc2)[NH2+]C1c1ccccc1. The van der Waals surface area contributed by atoms with Gasteiger partial charge in [0.05, 0.1) is 28.1 Å². The Hall–Kier alpha value is -7.85. The van der Waals surface area contributed by atoms with E-state index in [1.165, 1.54) is 72.6 Å². The monoisotopic (exact) mass is 792 g/mol. The van der Waals surface area contributed by atoms with Crippen LogP contribution in [0.2, 0.25) is 0 Å². The van der Waals surface area contributed by atoms with Crippen molar-refractivity contribution < 1.29 is 5.32 Å². The lowest BCUT2D eigenvalue weighted by atomic mass is 9.64. The molecule has 1 spiro atoms. The molecule has 1 aliphatic carbocycles. The highest BCUT2D eigenvalue weighted by molar-refractivity contribution is 5.98. The first-order valence-electron chi connectivity index (χ1n) is 21.5. The van der Waals surface area contributed by atoms with Gasteiger partial charge in [0.1, 0.15) is 6.04 Å². The Balaban J connectivity index is 0.972. The lowest BCUT2D eigenvalue weighted by Gasteiger charge is -2.45. The Morgan fingerprint density at radius 2 is 0.903 bits per heavy atom. The molecule has 2 aliphatic heterocycles. The van der Waals surface area contributed by atoms with Crippen LogP contribution in [0.1, 0.15) is 45.0 Å². The molecular weight excluding hydrogens is 751 g/mol. The second-order valence-electron chi connectivity index (χ2n) is 16.4. The highest BCUT2D eigenvalue weighted by Gasteiger charge is 2.51. The van der Waals surface area contributed by atoms with Crippen molar-refractivity contribution in [1.82, 2.24) is 0 Å². The first kappa shape index (κ1) is 36.0. The molecule has 1 unspecified atom stereocenters. The van der Waals surface area contributed by atoms with Crippen molar-refractivity contribution in [3.63, 3.8) is 0 Å². The van der Waals surface area contributed by atoms with Gasteiger partial charge in [0.2, 0.25) is 5.84 Å². The van der Waals surface area contributed by atoms with Gasteiger partial charge in [-0.25, -0.2) is 0 Å². The second-order valence-corrected chi connectivity index (χ2v) is 16.4. The fraction of sp³-hybridized carbons (Fsp3) is 0.0339. The number of quaternary nitrogens is 1. The summed E-state index contributed by atoms with van der Waals surface area (Å²) in [5.74, 6) is 0.986. The Labute approximate surface area is 362 Å². The van der Waals surface area contributed by atoms with Crippen molar-refractivity contribution in [3.8, 4) is 33.4 Å². The normalized spacial score (nSPS) is 15.5. The smallest absolute Gasteiger partial charge is 0.232 e. The number of nitrogens with two attached hydrogens (primary N) is 1. The molecule has 0 saturated heterocycles. The molecule has 3 heteroatoms. The molecule has 0 amide bonds. The van der Waals surface area contributed by atoms with Crippen LogP contribution < -0.4 is 10.2 Å². The molecule has 2 N–H and O–H groups in total. The van der Waals surface area contributed by atoms with E-state index in [0.29, 0.717) is 0 Å². The number of hydrogen-bond acceptors (Lipinski definition) is 2. The van der Waals surface area contributed by atoms with Gasteiger partial charge in [-0.15, -0.1) is 0 Å². The molecule has 3 aliphatic rings. The summed E-state index contributed by atoms with van der Waals surface area (Å²) in [7, 11) is 0. The van der Waals surface area contributed by atoms with E-state index in [9.17, 15) is 0 Å². The van der Waals surface area contributed by atoms with E-state index < -0.39 is 5.41 Å². The van der Waals surface area contributed by atoms with Crippen LogP contribution in [0.3, 0.4) is 0 Å². The minimum atomic E-state index is -0.481. The van der Waals surface area contributed by atoms with E-state index >= 15 is 0 Å². The van der Waals surface area contributed by atoms with E-state index in [0.717, 1.165) is 28.3 Å². The zero-order valence-electron chi connectivity index (χ0n) is 34.1. The van der Waals surface area contributed by atoms with E-state index in [1.54, 1.807) is 0 Å².